The minimum atomic E-state index is -0.0464. The molecule has 0 fully saturated rings. The van der Waals surface area contributed by atoms with E-state index in [1.165, 1.54) is 89.2 Å². The molecule has 0 unspecified atom stereocenters. The summed E-state index contributed by atoms with van der Waals surface area (Å²) in [4.78, 5) is 7.59. The van der Waals surface area contributed by atoms with Gasteiger partial charge in [0.25, 0.3) is 6.71 Å². The Morgan fingerprint density at radius 1 is 0.409 bits per heavy atom. The summed E-state index contributed by atoms with van der Waals surface area (Å²) in [6.45, 7) is 15.8. The molecule has 9 aromatic rings. The summed E-state index contributed by atoms with van der Waals surface area (Å²) < 4.78 is 0. The van der Waals surface area contributed by atoms with Gasteiger partial charge >= 0.3 is 0 Å². The summed E-state index contributed by atoms with van der Waals surface area (Å²) in [5.41, 5.74) is 25.3. The minimum Gasteiger partial charge on any atom is -0.311 e. The van der Waals surface area contributed by atoms with Gasteiger partial charge in [-0.05, 0) is 138 Å². The first-order valence-corrected chi connectivity index (χ1v) is 23.3. The Balaban J connectivity index is 1.26. The number of rotatable bonds is 7. The van der Waals surface area contributed by atoms with Gasteiger partial charge in [0.15, 0.2) is 0 Å². The number of para-hydroxylation sites is 1. The number of aryl methyl sites for hydroxylation is 4. The zero-order valence-corrected chi connectivity index (χ0v) is 39.0. The smallest absolute Gasteiger partial charge is 0.252 e. The van der Waals surface area contributed by atoms with Gasteiger partial charge < -0.3 is 14.7 Å². The van der Waals surface area contributed by atoms with Crippen LogP contribution in [0.4, 0.5) is 51.2 Å². The molecule has 66 heavy (non-hydrogen) atoms. The van der Waals surface area contributed by atoms with Crippen LogP contribution in [0.3, 0.4) is 0 Å². The summed E-state index contributed by atoms with van der Waals surface area (Å²) in [6.07, 6.45) is 0. The molecule has 3 nitrogen and oxygen atoms in total. The summed E-state index contributed by atoms with van der Waals surface area (Å²) >= 11 is 0. The fraction of sp³-hybridized carbons (Fsp3) is 0.129. The van der Waals surface area contributed by atoms with Gasteiger partial charge in [0.2, 0.25) is 0 Å². The van der Waals surface area contributed by atoms with E-state index in [4.69, 9.17) is 0 Å². The van der Waals surface area contributed by atoms with E-state index in [1.54, 1.807) is 0 Å². The fourth-order valence-electron chi connectivity index (χ4n) is 10.4. The Hall–Kier alpha value is -7.56. The first-order valence-electron chi connectivity index (χ1n) is 23.3. The SMILES string of the molecule is Cc1ccc(N2c3ccc(C)cc3B3c4cc(C(C)(C)C)ccc4N(c4ccccc4-c4ccccc4)c4cc(N(c5ccc(-c6ccccc6)cc5)c5ccc(C)cc5C)cc2c43)cc1. The fourth-order valence-corrected chi connectivity index (χ4v) is 10.4. The maximum atomic E-state index is 2.58. The van der Waals surface area contributed by atoms with Crippen LogP contribution in [0.5, 0.6) is 0 Å². The monoisotopic (exact) mass is 851 g/mol. The zero-order valence-electron chi connectivity index (χ0n) is 39.0. The van der Waals surface area contributed by atoms with Crippen molar-refractivity contribution in [2.24, 2.45) is 0 Å². The van der Waals surface area contributed by atoms with Crippen LogP contribution in [0.25, 0.3) is 22.3 Å². The average molecular weight is 852 g/mol. The van der Waals surface area contributed by atoms with Crippen molar-refractivity contribution in [3.05, 3.63) is 228 Å². The predicted molar refractivity (Wildman–Crippen MR) is 284 cm³/mol. The highest BCUT2D eigenvalue weighted by Crippen LogP contribution is 2.50. The van der Waals surface area contributed by atoms with E-state index in [0.717, 1.165) is 28.4 Å². The predicted octanol–water partition coefficient (Wildman–Crippen LogP) is 15.1. The van der Waals surface area contributed by atoms with E-state index in [0.29, 0.717) is 0 Å². The number of benzene rings is 9. The average Bonchev–Trinajstić information content (AvgIpc) is 3.33. The van der Waals surface area contributed by atoms with Crippen molar-refractivity contribution < 1.29 is 0 Å². The van der Waals surface area contributed by atoms with Crippen molar-refractivity contribution in [2.75, 3.05) is 14.7 Å². The van der Waals surface area contributed by atoms with E-state index in [-0.39, 0.29) is 12.1 Å². The molecule has 2 aliphatic rings. The second kappa shape index (κ2) is 16.2. The Bertz CT molecular complexity index is 3280. The number of nitrogens with zero attached hydrogens (tertiary/aromatic N) is 3. The van der Waals surface area contributed by atoms with Crippen LogP contribution >= 0.6 is 0 Å². The number of hydrogen-bond acceptors (Lipinski definition) is 3. The molecular weight excluding hydrogens is 798 g/mol. The Labute approximate surface area is 391 Å². The third-order valence-electron chi connectivity index (χ3n) is 13.7. The van der Waals surface area contributed by atoms with Crippen LogP contribution in [-0.2, 0) is 5.41 Å². The van der Waals surface area contributed by atoms with Crippen molar-refractivity contribution in [1.29, 1.82) is 0 Å². The van der Waals surface area contributed by atoms with Gasteiger partial charge in [0.1, 0.15) is 0 Å². The van der Waals surface area contributed by atoms with Crippen LogP contribution in [-0.4, -0.2) is 6.71 Å². The molecule has 0 aliphatic carbocycles. The molecule has 0 saturated carbocycles. The Morgan fingerprint density at radius 2 is 0.970 bits per heavy atom. The van der Waals surface area contributed by atoms with Crippen LogP contribution in [0.15, 0.2) is 200 Å². The molecule has 2 heterocycles. The van der Waals surface area contributed by atoms with Crippen LogP contribution in [0, 0.1) is 27.7 Å². The zero-order chi connectivity index (χ0) is 45.3. The summed E-state index contributed by atoms with van der Waals surface area (Å²) in [7, 11) is 0. The van der Waals surface area contributed by atoms with Gasteiger partial charge in [0, 0.05) is 45.4 Å². The topological polar surface area (TPSA) is 9.72 Å². The van der Waals surface area contributed by atoms with Gasteiger partial charge in [-0.15, -0.1) is 0 Å². The molecule has 0 aromatic heterocycles. The lowest BCUT2D eigenvalue weighted by Gasteiger charge is -2.45. The lowest BCUT2D eigenvalue weighted by atomic mass is 9.33. The molecule has 2 aliphatic heterocycles. The third kappa shape index (κ3) is 7.09. The molecule has 0 radical (unpaired) electrons. The third-order valence-corrected chi connectivity index (χ3v) is 13.7. The lowest BCUT2D eigenvalue weighted by Crippen LogP contribution is -2.61. The maximum Gasteiger partial charge on any atom is 0.252 e. The van der Waals surface area contributed by atoms with E-state index in [9.17, 15) is 0 Å². The molecule has 4 heteroatoms. The normalized spacial score (nSPS) is 12.7. The Kier molecular flexibility index (Phi) is 10.1. The highest BCUT2D eigenvalue weighted by Gasteiger charge is 2.45. The van der Waals surface area contributed by atoms with Gasteiger partial charge in [-0.2, -0.15) is 0 Å². The molecule has 9 aromatic carbocycles. The van der Waals surface area contributed by atoms with Gasteiger partial charge in [0.05, 0.1) is 11.4 Å². The molecule has 0 N–H and O–H groups in total. The highest BCUT2D eigenvalue weighted by atomic mass is 15.2. The summed E-state index contributed by atoms with van der Waals surface area (Å²) in [5, 5.41) is 0. The largest absolute Gasteiger partial charge is 0.311 e. The number of fused-ring (bicyclic) bond motifs is 4. The number of hydrogen-bond donors (Lipinski definition) is 0. The molecule has 0 amide bonds. The molecule has 0 atom stereocenters. The van der Waals surface area contributed by atoms with Crippen LogP contribution in [0.2, 0.25) is 0 Å². The number of anilines is 9. The highest BCUT2D eigenvalue weighted by molar-refractivity contribution is 7.00. The quantitative estimate of drug-likeness (QED) is 0.148. The minimum absolute atomic E-state index is 0.0159. The lowest BCUT2D eigenvalue weighted by molar-refractivity contribution is 0.591. The maximum absolute atomic E-state index is 2.58. The summed E-state index contributed by atoms with van der Waals surface area (Å²) in [5.74, 6) is 0. The second-order valence-corrected chi connectivity index (χ2v) is 19.3. The molecule has 11 rings (SSSR count). The van der Waals surface area contributed by atoms with Crippen molar-refractivity contribution in [3.8, 4) is 22.3 Å². The van der Waals surface area contributed by atoms with E-state index < -0.39 is 0 Å². The van der Waals surface area contributed by atoms with Gasteiger partial charge in [-0.25, -0.2) is 0 Å². The Morgan fingerprint density at radius 3 is 1.67 bits per heavy atom. The molecule has 0 bridgehead atoms. The van der Waals surface area contributed by atoms with Gasteiger partial charge in [-0.1, -0.05) is 177 Å². The van der Waals surface area contributed by atoms with E-state index in [1.807, 2.05) is 0 Å². The van der Waals surface area contributed by atoms with Crippen molar-refractivity contribution >= 4 is 74.3 Å². The summed E-state index contributed by atoms with van der Waals surface area (Å²) in [6, 6.07) is 74.8. The molecular formula is C62H54BN3. The molecule has 0 spiro atoms. The molecule has 320 valence electrons. The first-order chi connectivity index (χ1) is 32.0. The van der Waals surface area contributed by atoms with Crippen molar-refractivity contribution in [2.45, 2.75) is 53.9 Å². The molecule has 0 saturated heterocycles. The standard InChI is InChI=1S/C62H54BN3/c1-41-22-29-50(30-23-41)65-57-34-25-43(3)37-53(57)63-54-38-48(62(5,6)7)28-35-58(54)66(56-21-15-14-20-52(56)47-18-12-9-13-19-47)60-40-51(39-59(65)61(60)63)64(55-33-24-42(2)36-44(55)4)49-31-26-46(27-32-49)45-16-10-8-11-17-45/h8-40H,1-7H3. The van der Waals surface area contributed by atoms with E-state index in [2.05, 4.69) is 263 Å². The van der Waals surface area contributed by atoms with Crippen LogP contribution in [0.1, 0.15) is 48.6 Å². The second-order valence-electron chi connectivity index (χ2n) is 19.3. The van der Waals surface area contributed by atoms with Crippen molar-refractivity contribution in [3.63, 3.8) is 0 Å². The van der Waals surface area contributed by atoms with Gasteiger partial charge in [-0.3, -0.25) is 0 Å². The van der Waals surface area contributed by atoms with E-state index >= 15 is 0 Å². The first kappa shape index (κ1) is 41.2. The van der Waals surface area contributed by atoms with Crippen LogP contribution < -0.4 is 31.1 Å². The van der Waals surface area contributed by atoms with Crippen molar-refractivity contribution in [1.82, 2.24) is 0 Å².